The van der Waals surface area contributed by atoms with Gasteiger partial charge in [-0.05, 0) is 20.8 Å². The molecule has 1 saturated heterocycles. The number of carbonyl (C=O) groups is 1. The Kier molecular flexibility index (Phi) is 2.52. The third kappa shape index (κ3) is 1.66. The normalized spacial score (nSPS) is 21.1. The molecule has 0 saturated carbocycles. The second-order valence-corrected chi connectivity index (χ2v) is 5.23. The van der Waals surface area contributed by atoms with Gasteiger partial charge in [-0.1, -0.05) is 6.58 Å². The first-order valence-electron chi connectivity index (χ1n) is 4.06. The van der Waals surface area contributed by atoms with E-state index in [1.165, 1.54) is 0 Å². The van der Waals surface area contributed by atoms with Crippen molar-refractivity contribution in [1.29, 1.82) is 0 Å². The van der Waals surface area contributed by atoms with E-state index in [0.29, 0.717) is 5.57 Å². The Labute approximate surface area is 78.0 Å². The molecule has 1 fully saturated rings. The van der Waals surface area contributed by atoms with Crippen molar-refractivity contribution in [2.75, 3.05) is 12.3 Å². The van der Waals surface area contributed by atoms with Crippen LogP contribution in [-0.4, -0.2) is 28.0 Å². The van der Waals surface area contributed by atoms with Crippen LogP contribution in [-0.2, 0) is 4.79 Å². The highest BCUT2D eigenvalue weighted by atomic mass is 32.2. The van der Waals surface area contributed by atoms with Gasteiger partial charge in [0.25, 0.3) is 0 Å². The molecule has 1 amide bonds. The van der Waals surface area contributed by atoms with E-state index in [9.17, 15) is 4.79 Å². The number of rotatable bonds is 1. The van der Waals surface area contributed by atoms with Crippen molar-refractivity contribution in [3.63, 3.8) is 0 Å². The van der Waals surface area contributed by atoms with Gasteiger partial charge < -0.3 is 4.90 Å². The predicted octanol–water partition coefficient (Wildman–Crippen LogP) is 1.87. The van der Waals surface area contributed by atoms with Crippen LogP contribution in [0.15, 0.2) is 12.2 Å². The molecule has 0 aromatic heterocycles. The number of thioether (sulfide) groups is 1. The van der Waals surface area contributed by atoms with Crippen molar-refractivity contribution in [3.05, 3.63) is 12.2 Å². The summed E-state index contributed by atoms with van der Waals surface area (Å²) < 4.78 is 0. The summed E-state index contributed by atoms with van der Waals surface area (Å²) in [5, 5.41) is 0. The largest absolute Gasteiger partial charge is 0.324 e. The van der Waals surface area contributed by atoms with Crippen LogP contribution in [0.4, 0.5) is 0 Å². The minimum absolute atomic E-state index is 0.0456. The average molecular weight is 185 g/mol. The fraction of sp³-hybridized carbons (Fsp3) is 0.667. The zero-order chi connectivity index (χ0) is 9.35. The quantitative estimate of drug-likeness (QED) is 0.581. The van der Waals surface area contributed by atoms with E-state index in [4.69, 9.17) is 0 Å². The van der Waals surface area contributed by atoms with Gasteiger partial charge in [-0.2, -0.15) is 0 Å². The highest BCUT2D eigenvalue weighted by Gasteiger charge is 2.35. The lowest BCUT2D eigenvalue weighted by Gasteiger charge is -2.30. The number of nitrogens with zero attached hydrogens (tertiary/aromatic N) is 1. The molecule has 1 aliphatic rings. The molecular weight excluding hydrogens is 170 g/mol. The van der Waals surface area contributed by atoms with Crippen molar-refractivity contribution in [2.45, 2.75) is 25.6 Å². The van der Waals surface area contributed by atoms with Gasteiger partial charge in [0.15, 0.2) is 0 Å². The predicted molar refractivity (Wildman–Crippen MR) is 53.1 cm³/mol. The standard InChI is InChI=1S/C9H15NOS/c1-7(2)8(11)10-5-6-12-9(10,3)4/h1,5-6H2,2-4H3. The molecule has 0 spiro atoms. The number of hydrogen-bond donors (Lipinski definition) is 0. The summed E-state index contributed by atoms with van der Waals surface area (Å²) in [5.41, 5.74) is 0.630. The van der Waals surface area contributed by atoms with E-state index in [1.807, 2.05) is 16.7 Å². The Bertz CT molecular complexity index is 223. The third-order valence-corrected chi connectivity index (χ3v) is 3.34. The molecule has 0 aromatic rings. The maximum atomic E-state index is 11.6. The van der Waals surface area contributed by atoms with Crippen LogP contribution in [0, 0.1) is 0 Å². The maximum Gasteiger partial charge on any atom is 0.250 e. The van der Waals surface area contributed by atoms with Crippen LogP contribution >= 0.6 is 11.8 Å². The van der Waals surface area contributed by atoms with Crippen LogP contribution in [0.5, 0.6) is 0 Å². The molecule has 1 heterocycles. The summed E-state index contributed by atoms with van der Waals surface area (Å²) in [5.74, 6) is 1.12. The van der Waals surface area contributed by atoms with Crippen molar-refractivity contribution in [2.24, 2.45) is 0 Å². The number of hydrogen-bond acceptors (Lipinski definition) is 2. The summed E-state index contributed by atoms with van der Waals surface area (Å²) >= 11 is 1.82. The summed E-state index contributed by atoms with van der Waals surface area (Å²) in [7, 11) is 0. The second kappa shape index (κ2) is 3.13. The topological polar surface area (TPSA) is 20.3 Å². The molecule has 0 aromatic carbocycles. The van der Waals surface area contributed by atoms with E-state index < -0.39 is 0 Å². The molecule has 1 rings (SSSR count). The molecule has 0 unspecified atom stereocenters. The van der Waals surface area contributed by atoms with E-state index in [-0.39, 0.29) is 10.8 Å². The highest BCUT2D eigenvalue weighted by Crippen LogP contribution is 2.35. The number of carbonyl (C=O) groups excluding carboxylic acids is 1. The van der Waals surface area contributed by atoms with Gasteiger partial charge in [-0.25, -0.2) is 0 Å². The van der Waals surface area contributed by atoms with E-state index in [0.717, 1.165) is 12.3 Å². The van der Waals surface area contributed by atoms with Crippen molar-refractivity contribution >= 4 is 17.7 Å². The summed E-state index contributed by atoms with van der Waals surface area (Å²) in [6.45, 7) is 10.4. The molecule has 0 aliphatic carbocycles. The van der Waals surface area contributed by atoms with Crippen LogP contribution in [0.2, 0.25) is 0 Å². The average Bonchev–Trinajstić information content (AvgIpc) is 2.27. The van der Waals surface area contributed by atoms with Gasteiger partial charge in [-0.15, -0.1) is 11.8 Å². The molecule has 0 atom stereocenters. The molecule has 3 heteroatoms. The van der Waals surface area contributed by atoms with Gasteiger partial charge >= 0.3 is 0 Å². The zero-order valence-corrected chi connectivity index (χ0v) is 8.70. The van der Waals surface area contributed by atoms with Crippen LogP contribution < -0.4 is 0 Å². The van der Waals surface area contributed by atoms with Gasteiger partial charge in [-0.3, -0.25) is 4.79 Å². The molecule has 1 aliphatic heterocycles. The van der Waals surface area contributed by atoms with Crippen molar-refractivity contribution in [3.8, 4) is 0 Å². The lowest BCUT2D eigenvalue weighted by atomic mass is 10.2. The summed E-state index contributed by atoms with van der Waals surface area (Å²) in [4.78, 5) is 13.4. The van der Waals surface area contributed by atoms with Crippen LogP contribution in [0.25, 0.3) is 0 Å². The highest BCUT2D eigenvalue weighted by molar-refractivity contribution is 8.00. The monoisotopic (exact) mass is 185 g/mol. The van der Waals surface area contributed by atoms with Gasteiger partial charge in [0.05, 0.1) is 4.87 Å². The molecule has 68 valence electrons. The van der Waals surface area contributed by atoms with E-state index >= 15 is 0 Å². The summed E-state index contributed by atoms with van der Waals surface area (Å²) in [6, 6.07) is 0. The lowest BCUT2D eigenvalue weighted by molar-refractivity contribution is -0.128. The first kappa shape index (κ1) is 9.65. The van der Waals surface area contributed by atoms with Crippen molar-refractivity contribution in [1.82, 2.24) is 4.90 Å². The Morgan fingerprint density at radius 2 is 2.17 bits per heavy atom. The third-order valence-electron chi connectivity index (χ3n) is 2.03. The fourth-order valence-electron chi connectivity index (χ4n) is 1.31. The molecule has 0 N–H and O–H groups in total. The van der Waals surface area contributed by atoms with Gasteiger partial charge in [0.2, 0.25) is 5.91 Å². The molecule has 12 heavy (non-hydrogen) atoms. The molecular formula is C9H15NOS. The van der Waals surface area contributed by atoms with E-state index in [1.54, 1.807) is 6.92 Å². The van der Waals surface area contributed by atoms with Crippen LogP contribution in [0.1, 0.15) is 20.8 Å². The Morgan fingerprint density at radius 1 is 1.58 bits per heavy atom. The van der Waals surface area contributed by atoms with E-state index in [2.05, 4.69) is 20.4 Å². The maximum absolute atomic E-state index is 11.6. The fourth-order valence-corrected chi connectivity index (χ4v) is 2.41. The van der Waals surface area contributed by atoms with Crippen molar-refractivity contribution < 1.29 is 4.79 Å². The molecule has 0 bridgehead atoms. The Morgan fingerprint density at radius 3 is 2.50 bits per heavy atom. The smallest absolute Gasteiger partial charge is 0.250 e. The first-order chi connectivity index (χ1) is 5.45. The zero-order valence-electron chi connectivity index (χ0n) is 7.89. The van der Waals surface area contributed by atoms with Crippen LogP contribution in [0.3, 0.4) is 0 Å². The second-order valence-electron chi connectivity index (χ2n) is 3.53. The van der Waals surface area contributed by atoms with Gasteiger partial charge in [0, 0.05) is 17.9 Å². The van der Waals surface area contributed by atoms with Gasteiger partial charge in [0.1, 0.15) is 0 Å². The minimum Gasteiger partial charge on any atom is -0.324 e. The Hall–Kier alpha value is -0.440. The SMILES string of the molecule is C=C(C)C(=O)N1CCSC1(C)C. The first-order valence-corrected chi connectivity index (χ1v) is 5.05. The molecule has 0 radical (unpaired) electrons. The molecule has 2 nitrogen and oxygen atoms in total. The lowest BCUT2D eigenvalue weighted by Crippen LogP contribution is -2.41. The minimum atomic E-state index is -0.0456. The Balaban J connectivity index is 2.76. The summed E-state index contributed by atoms with van der Waals surface area (Å²) in [6.07, 6.45) is 0. The number of amides is 1.